The van der Waals surface area contributed by atoms with Crippen LogP contribution in [0.3, 0.4) is 0 Å². The van der Waals surface area contributed by atoms with Gasteiger partial charge in [-0.3, -0.25) is 33.0 Å². The number of unbranched alkanes of at least 4 members (excludes halogenated alkanes) is 41. The molecule has 28 heteroatoms. The number of aliphatic hydroxyl groups is 5. The summed E-state index contributed by atoms with van der Waals surface area (Å²) in [5.74, 6) is -4.53. The summed E-state index contributed by atoms with van der Waals surface area (Å²) in [5, 5.41) is 62.1. The molecule has 0 aromatic heterocycles. The zero-order chi connectivity index (χ0) is 82.5. The van der Waals surface area contributed by atoms with Crippen LogP contribution in [0, 0.1) is 0 Å². The van der Waals surface area contributed by atoms with Crippen LogP contribution in [-0.4, -0.2) is 174 Å². The lowest BCUT2D eigenvalue weighted by atomic mass is 9.95. The van der Waals surface area contributed by atoms with Crippen molar-refractivity contribution in [1.29, 1.82) is 0 Å². The van der Waals surface area contributed by atoms with E-state index in [9.17, 15) is 78.2 Å². The number of esters is 3. The van der Waals surface area contributed by atoms with Crippen molar-refractivity contribution in [1.82, 2.24) is 10.6 Å². The van der Waals surface area contributed by atoms with Gasteiger partial charge in [-0.05, 0) is 64.2 Å². The highest BCUT2D eigenvalue weighted by Gasteiger charge is 2.55. The summed E-state index contributed by atoms with van der Waals surface area (Å²) in [6.07, 6.45) is 29.1. The molecule has 2 aliphatic heterocycles. The fraction of sp³-hybridized carbons (Fsp3) is 0.917. The number of hydrogen-bond acceptors (Lipinski definition) is 20. The summed E-state index contributed by atoms with van der Waals surface area (Å²) >= 11 is 0. The molecule has 658 valence electrons. The van der Waals surface area contributed by atoms with Crippen molar-refractivity contribution in [3.8, 4) is 0 Å². The van der Waals surface area contributed by atoms with E-state index in [-0.39, 0.29) is 32.1 Å². The predicted octanol–water partition coefficient (Wildman–Crippen LogP) is 16.7. The first kappa shape index (κ1) is 105. The van der Waals surface area contributed by atoms with Gasteiger partial charge in [0.25, 0.3) is 0 Å². The molecule has 2 fully saturated rings. The molecule has 0 aliphatic carbocycles. The van der Waals surface area contributed by atoms with Gasteiger partial charge in [-0.2, -0.15) is 0 Å². The summed E-state index contributed by atoms with van der Waals surface area (Å²) in [4.78, 5) is 113. The summed E-state index contributed by atoms with van der Waals surface area (Å²) in [5.41, 5.74) is 0. The first-order chi connectivity index (χ1) is 53.9. The number of ether oxygens (including phenoxy) is 6. The molecule has 26 nitrogen and oxygen atoms in total. The van der Waals surface area contributed by atoms with E-state index in [0.29, 0.717) is 32.1 Å². The number of phosphoric ester groups is 2. The Kier molecular flexibility index (Phi) is 62.7. The zero-order valence-electron chi connectivity index (χ0n) is 69.8. The van der Waals surface area contributed by atoms with Crippen LogP contribution in [-0.2, 0) is 70.6 Å². The third-order valence-corrected chi connectivity index (χ3v) is 22.2. The van der Waals surface area contributed by atoms with Gasteiger partial charge >= 0.3 is 33.6 Å². The Labute approximate surface area is 673 Å². The third-order valence-electron chi connectivity index (χ3n) is 21.2. The summed E-state index contributed by atoms with van der Waals surface area (Å²) in [6, 6.07) is -3.82. The molecule has 10 unspecified atom stereocenters. The van der Waals surface area contributed by atoms with E-state index in [1.54, 1.807) is 0 Å². The van der Waals surface area contributed by atoms with Gasteiger partial charge < -0.3 is 84.2 Å². The van der Waals surface area contributed by atoms with Crippen LogP contribution >= 0.6 is 15.6 Å². The van der Waals surface area contributed by atoms with Crippen LogP contribution in [0.15, 0.2) is 12.2 Å². The Bertz CT molecular complexity index is 2490. The van der Waals surface area contributed by atoms with Crippen LogP contribution in [0.1, 0.15) is 394 Å². The van der Waals surface area contributed by atoms with Crippen molar-refractivity contribution in [3.63, 3.8) is 0 Å². The molecular weight excluding hydrogens is 1480 g/mol. The lowest BCUT2D eigenvalue weighted by molar-refractivity contribution is -0.296. The van der Waals surface area contributed by atoms with Crippen molar-refractivity contribution < 1.29 is 116 Å². The molecule has 14 atom stereocenters. The van der Waals surface area contributed by atoms with E-state index in [2.05, 4.69) is 57.4 Å². The minimum absolute atomic E-state index is 0.0824. The second kappa shape index (κ2) is 66.8. The van der Waals surface area contributed by atoms with Crippen molar-refractivity contribution >= 4 is 45.4 Å². The standard InChI is InChI=1S/C84H158N2O24P2/c1-6-11-16-21-26-31-32-33-34-39-44-49-54-59-74(93)104-69(58-53-48-43-38-30-25-20-15-10-5)63-73(92)86-78-82(108-76(95)62-68(90)57-52-47-42-37-29-24-19-14-9-4)80(109-111(97,98)99)70(64-87)105-83(78)103-65-71-79(96)81(107-75(94)61-67(89)56-51-46-41-36-28-23-18-13-8-3)77(84(106-71)110-112(100,101)102)85-72(91)60-66(88)55-50-45-40-35-27-22-17-12-7-2/h31-32,66-71,77-84,87-90,96H,6-30,33-65H2,1-5H3,(H,85,91)(H,86,92)(H2,97,98,99)(H2,100,101,102)/b32-31-/t66?,67?,68?,69?,70?,71?,77-,78-,79+,80?,81?,82?,83+,84?/m0/s1. The van der Waals surface area contributed by atoms with E-state index in [1.165, 1.54) is 51.4 Å². The number of amides is 2. The molecule has 11 N–H and O–H groups in total. The number of nitrogens with one attached hydrogen (secondary N) is 2. The minimum atomic E-state index is -5.65. The molecule has 0 bridgehead atoms. The van der Waals surface area contributed by atoms with E-state index in [0.717, 1.165) is 218 Å². The van der Waals surface area contributed by atoms with Crippen LogP contribution in [0.5, 0.6) is 0 Å². The SMILES string of the molecule is CCCCCC/C=C\CCCCCCCC(=O)OC(CCCCCCCCCCC)CC(=O)N[C@H]1C(OC(=O)CC(O)CCCCCCCCCCC)C(OP(=O)(O)O)C(CO)O[C@H]1OCC1OC(OP(=O)(O)O)[C@@H](NC(=O)CC(O)CCCCCCCCCCC)C(OC(=O)CC(O)CCCCCCCCCCC)[C@@H]1O. The highest BCUT2D eigenvalue weighted by molar-refractivity contribution is 7.46. The van der Waals surface area contributed by atoms with Crippen molar-refractivity contribution in [2.24, 2.45) is 0 Å². The molecule has 112 heavy (non-hydrogen) atoms. The van der Waals surface area contributed by atoms with Gasteiger partial charge in [0.05, 0.1) is 57.2 Å². The first-order valence-electron chi connectivity index (χ1n) is 44.4. The lowest BCUT2D eigenvalue weighted by Crippen LogP contribution is -2.68. The Hall–Kier alpha value is -3.01. The quantitative estimate of drug-likeness (QED) is 0.00885. The maximum Gasteiger partial charge on any atom is 0.472 e. The Morgan fingerprint density at radius 2 is 0.732 bits per heavy atom. The van der Waals surface area contributed by atoms with Gasteiger partial charge in [-0.1, -0.05) is 310 Å². The highest BCUT2D eigenvalue weighted by atomic mass is 31.2. The number of rotatable bonds is 74. The fourth-order valence-corrected chi connectivity index (χ4v) is 15.7. The maximum absolute atomic E-state index is 14.9. The number of hydrogen-bond donors (Lipinski definition) is 11. The fourth-order valence-electron chi connectivity index (χ4n) is 14.7. The number of phosphoric acid groups is 2. The van der Waals surface area contributed by atoms with Gasteiger partial charge in [0.1, 0.15) is 42.6 Å². The third kappa shape index (κ3) is 54.1. The topological polar surface area (TPSA) is 399 Å². The molecule has 0 aromatic carbocycles. The summed E-state index contributed by atoms with van der Waals surface area (Å²) < 4.78 is 72.7. The van der Waals surface area contributed by atoms with Gasteiger partial charge in [0, 0.05) is 6.42 Å². The Morgan fingerprint density at radius 1 is 0.393 bits per heavy atom. The molecular formula is C84H158N2O24P2. The zero-order valence-corrected chi connectivity index (χ0v) is 71.6. The average molecular weight is 1640 g/mol. The molecule has 2 saturated heterocycles. The van der Waals surface area contributed by atoms with E-state index >= 15 is 0 Å². The normalized spacial score (nSPS) is 21.3. The van der Waals surface area contributed by atoms with Crippen molar-refractivity contribution in [2.45, 2.75) is 480 Å². The minimum Gasteiger partial charge on any atom is -0.462 e. The lowest BCUT2D eigenvalue weighted by Gasteiger charge is -2.47. The first-order valence-corrected chi connectivity index (χ1v) is 47.5. The van der Waals surface area contributed by atoms with Gasteiger partial charge in [-0.25, -0.2) is 9.13 Å². The van der Waals surface area contributed by atoms with Crippen LogP contribution in [0.25, 0.3) is 0 Å². The molecule has 2 amide bonds. The van der Waals surface area contributed by atoms with Gasteiger partial charge in [-0.15, -0.1) is 0 Å². The number of carbonyl (C=O) groups excluding carboxylic acids is 5. The van der Waals surface area contributed by atoms with E-state index in [4.69, 9.17) is 37.5 Å². The molecule has 2 rings (SSSR count). The maximum atomic E-state index is 14.9. The van der Waals surface area contributed by atoms with Crippen LogP contribution < -0.4 is 10.6 Å². The summed E-state index contributed by atoms with van der Waals surface area (Å²) in [7, 11) is -11.3. The molecule has 0 spiro atoms. The largest absolute Gasteiger partial charge is 0.472 e. The number of aliphatic hydroxyl groups excluding tert-OH is 5. The average Bonchev–Trinajstić information content (AvgIpc) is 0.778. The van der Waals surface area contributed by atoms with E-state index < -0.39 is 170 Å². The number of allylic oxidation sites excluding steroid dienone is 2. The number of carbonyl (C=O) groups is 5. The molecule has 0 radical (unpaired) electrons. The van der Waals surface area contributed by atoms with Gasteiger partial charge in [0.15, 0.2) is 24.8 Å². The van der Waals surface area contributed by atoms with Crippen LogP contribution in [0.2, 0.25) is 0 Å². The highest BCUT2D eigenvalue weighted by Crippen LogP contribution is 2.44. The molecule has 0 saturated carbocycles. The smallest absolute Gasteiger partial charge is 0.462 e. The second-order valence-corrected chi connectivity index (χ2v) is 34.2. The van der Waals surface area contributed by atoms with Crippen molar-refractivity contribution in [2.75, 3.05) is 13.2 Å². The monoisotopic (exact) mass is 1640 g/mol. The predicted molar refractivity (Wildman–Crippen MR) is 434 cm³/mol. The van der Waals surface area contributed by atoms with Gasteiger partial charge in [0.2, 0.25) is 11.8 Å². The Morgan fingerprint density at radius 3 is 1.14 bits per heavy atom. The summed E-state index contributed by atoms with van der Waals surface area (Å²) in [6.45, 7) is 8.73. The van der Waals surface area contributed by atoms with Crippen molar-refractivity contribution in [3.05, 3.63) is 12.2 Å². The Balaban J connectivity index is 2.68. The molecule has 0 aromatic rings. The molecule has 2 aliphatic rings. The van der Waals surface area contributed by atoms with E-state index in [1.807, 2.05) is 0 Å². The van der Waals surface area contributed by atoms with Crippen LogP contribution in [0.4, 0.5) is 0 Å². The molecule has 2 heterocycles. The second-order valence-electron chi connectivity index (χ2n) is 31.8.